The van der Waals surface area contributed by atoms with Gasteiger partial charge < -0.3 is 10.1 Å². The minimum absolute atomic E-state index is 0.0278. The lowest BCUT2D eigenvalue weighted by molar-refractivity contribution is -0.122. The summed E-state index contributed by atoms with van der Waals surface area (Å²) in [4.78, 5) is 15.4. The molecule has 1 aromatic heterocycles. The van der Waals surface area contributed by atoms with Gasteiger partial charge in [0.2, 0.25) is 5.91 Å². The number of likely N-dealkylation sites (N-methyl/N-ethyl adjacent to an activating group) is 1. The maximum Gasteiger partial charge on any atom is 0.234 e. The topological polar surface area (TPSA) is 41.6 Å². The van der Waals surface area contributed by atoms with Crippen molar-refractivity contribution in [1.82, 2.24) is 10.2 Å². The summed E-state index contributed by atoms with van der Waals surface area (Å²) in [5, 5.41) is 5.06. The number of ether oxygens (including phenoxy) is 1. The van der Waals surface area contributed by atoms with Crippen LogP contribution in [0.25, 0.3) is 0 Å². The average molecular weight is 332 g/mol. The van der Waals surface area contributed by atoms with Gasteiger partial charge in [0.25, 0.3) is 0 Å². The lowest BCUT2D eigenvalue weighted by atomic mass is 10.1. The monoisotopic (exact) mass is 332 g/mol. The molecule has 0 aliphatic carbocycles. The number of hydrogen-bond acceptors (Lipinski definition) is 4. The van der Waals surface area contributed by atoms with E-state index in [1.54, 1.807) is 18.4 Å². The predicted molar refractivity (Wildman–Crippen MR) is 94.9 cm³/mol. The Labute approximate surface area is 142 Å². The Balaban J connectivity index is 1.90. The van der Waals surface area contributed by atoms with Crippen molar-refractivity contribution in [1.29, 1.82) is 0 Å². The van der Waals surface area contributed by atoms with Crippen molar-refractivity contribution >= 4 is 17.2 Å². The molecule has 5 heteroatoms. The normalized spacial score (nSPS) is 12.2. The van der Waals surface area contributed by atoms with Crippen molar-refractivity contribution in [3.05, 3.63) is 51.7 Å². The van der Waals surface area contributed by atoms with Crippen LogP contribution in [0, 0.1) is 6.92 Å². The van der Waals surface area contributed by atoms with E-state index in [0.717, 1.165) is 11.3 Å². The van der Waals surface area contributed by atoms with Gasteiger partial charge in [0, 0.05) is 17.0 Å². The van der Waals surface area contributed by atoms with Gasteiger partial charge in [-0.1, -0.05) is 23.8 Å². The second-order valence-corrected chi connectivity index (χ2v) is 6.77. The molecule has 23 heavy (non-hydrogen) atoms. The number of nitrogens with one attached hydrogen (secondary N) is 1. The Morgan fingerprint density at radius 1 is 1.39 bits per heavy atom. The first kappa shape index (κ1) is 17.5. The van der Waals surface area contributed by atoms with Gasteiger partial charge in [-0.05, 0) is 38.4 Å². The van der Waals surface area contributed by atoms with Gasteiger partial charge >= 0.3 is 0 Å². The molecule has 0 unspecified atom stereocenters. The zero-order valence-corrected chi connectivity index (χ0v) is 14.9. The number of benzene rings is 1. The highest BCUT2D eigenvalue weighted by Crippen LogP contribution is 2.21. The molecular weight excluding hydrogens is 308 g/mol. The third-order valence-corrected chi connectivity index (χ3v) is 4.69. The third kappa shape index (κ3) is 5.08. The average Bonchev–Trinajstić information content (AvgIpc) is 3.01. The van der Waals surface area contributed by atoms with Gasteiger partial charge in [-0.25, -0.2) is 0 Å². The quantitative estimate of drug-likeness (QED) is 0.845. The van der Waals surface area contributed by atoms with Crippen LogP contribution in [-0.2, 0) is 11.3 Å². The lowest BCUT2D eigenvalue weighted by Gasteiger charge is -2.20. The number of methoxy groups -OCH3 is 1. The van der Waals surface area contributed by atoms with E-state index in [2.05, 4.69) is 18.3 Å². The molecule has 0 saturated heterocycles. The number of amides is 1. The van der Waals surface area contributed by atoms with Crippen molar-refractivity contribution in [2.45, 2.75) is 26.4 Å². The number of rotatable bonds is 7. The zero-order chi connectivity index (χ0) is 16.8. The molecule has 1 N–H and O–H groups in total. The molecule has 1 atom stereocenters. The smallest absolute Gasteiger partial charge is 0.234 e. The van der Waals surface area contributed by atoms with E-state index < -0.39 is 0 Å². The molecule has 0 fully saturated rings. The number of hydrogen-bond donors (Lipinski definition) is 1. The van der Waals surface area contributed by atoms with Gasteiger partial charge in [-0.15, -0.1) is 11.3 Å². The number of thiophene rings is 1. The Bertz CT molecular complexity index is 640. The molecule has 0 spiro atoms. The first-order chi connectivity index (χ1) is 11.0. The van der Waals surface area contributed by atoms with E-state index in [1.807, 2.05) is 48.5 Å². The van der Waals surface area contributed by atoms with Crippen LogP contribution in [0.15, 0.2) is 35.7 Å². The fourth-order valence-electron chi connectivity index (χ4n) is 2.52. The second kappa shape index (κ2) is 8.13. The molecule has 1 heterocycles. The van der Waals surface area contributed by atoms with E-state index in [-0.39, 0.29) is 11.9 Å². The van der Waals surface area contributed by atoms with Crippen LogP contribution >= 0.6 is 11.3 Å². The standard InChI is InChI=1S/C18H24N2O2S/c1-13-7-8-16(22-4)15(10-13)11-20(3)12-18(21)19-14(2)17-6-5-9-23-17/h5-10,14H,11-12H2,1-4H3,(H,19,21)/t14-/m1/s1. The molecular formula is C18H24N2O2S. The largest absolute Gasteiger partial charge is 0.496 e. The molecule has 124 valence electrons. The fraction of sp³-hybridized carbons (Fsp3) is 0.389. The Morgan fingerprint density at radius 2 is 2.17 bits per heavy atom. The van der Waals surface area contributed by atoms with Crippen LogP contribution in [0.3, 0.4) is 0 Å². The van der Waals surface area contributed by atoms with E-state index in [9.17, 15) is 4.79 Å². The van der Waals surface area contributed by atoms with Crippen LogP contribution in [0.5, 0.6) is 5.75 Å². The lowest BCUT2D eigenvalue weighted by Crippen LogP contribution is -2.36. The van der Waals surface area contributed by atoms with Crippen LogP contribution in [0.1, 0.15) is 29.0 Å². The summed E-state index contributed by atoms with van der Waals surface area (Å²) in [6.45, 7) is 5.09. The number of carbonyl (C=O) groups is 1. The van der Waals surface area contributed by atoms with Crippen LogP contribution in [0.4, 0.5) is 0 Å². The summed E-state index contributed by atoms with van der Waals surface area (Å²) in [6.07, 6.45) is 0. The predicted octanol–water partition coefficient (Wildman–Crippen LogP) is 3.37. The zero-order valence-electron chi connectivity index (χ0n) is 14.1. The van der Waals surface area contributed by atoms with Gasteiger partial charge in [0.1, 0.15) is 5.75 Å². The SMILES string of the molecule is COc1ccc(C)cc1CN(C)CC(=O)N[C@H](C)c1cccs1. The molecule has 0 bridgehead atoms. The fourth-order valence-corrected chi connectivity index (χ4v) is 3.25. The third-order valence-electron chi connectivity index (χ3n) is 3.64. The van der Waals surface area contributed by atoms with E-state index in [4.69, 9.17) is 4.74 Å². The van der Waals surface area contributed by atoms with Crippen LogP contribution in [0.2, 0.25) is 0 Å². The van der Waals surface area contributed by atoms with E-state index in [0.29, 0.717) is 13.1 Å². The maximum atomic E-state index is 12.2. The highest BCUT2D eigenvalue weighted by atomic mass is 32.1. The minimum atomic E-state index is 0.0278. The maximum absolute atomic E-state index is 12.2. The van der Waals surface area contributed by atoms with E-state index in [1.165, 1.54) is 10.4 Å². The second-order valence-electron chi connectivity index (χ2n) is 5.79. The molecule has 2 aromatic rings. The van der Waals surface area contributed by atoms with Crippen molar-refractivity contribution in [3.8, 4) is 5.75 Å². The molecule has 0 aliphatic rings. The number of carbonyl (C=O) groups excluding carboxylic acids is 1. The minimum Gasteiger partial charge on any atom is -0.496 e. The van der Waals surface area contributed by atoms with Crippen molar-refractivity contribution < 1.29 is 9.53 Å². The van der Waals surface area contributed by atoms with Gasteiger partial charge in [0.15, 0.2) is 0 Å². The molecule has 0 saturated carbocycles. The highest BCUT2D eigenvalue weighted by molar-refractivity contribution is 7.10. The van der Waals surface area contributed by atoms with Gasteiger partial charge in [-0.2, -0.15) is 0 Å². The highest BCUT2D eigenvalue weighted by Gasteiger charge is 2.13. The molecule has 2 rings (SSSR count). The summed E-state index contributed by atoms with van der Waals surface area (Å²) in [7, 11) is 3.61. The number of aryl methyl sites for hydroxylation is 1. The van der Waals surface area contributed by atoms with Crippen molar-refractivity contribution in [2.75, 3.05) is 20.7 Å². The Hall–Kier alpha value is -1.85. The molecule has 0 aliphatic heterocycles. The summed E-state index contributed by atoms with van der Waals surface area (Å²) in [5.41, 5.74) is 2.28. The molecule has 1 aromatic carbocycles. The van der Waals surface area contributed by atoms with Crippen LogP contribution in [-0.4, -0.2) is 31.5 Å². The van der Waals surface area contributed by atoms with Crippen LogP contribution < -0.4 is 10.1 Å². The first-order valence-electron chi connectivity index (χ1n) is 7.64. The van der Waals surface area contributed by atoms with E-state index >= 15 is 0 Å². The summed E-state index contributed by atoms with van der Waals surface area (Å²) in [5.74, 6) is 0.884. The number of nitrogens with zero attached hydrogens (tertiary/aromatic N) is 1. The molecule has 4 nitrogen and oxygen atoms in total. The first-order valence-corrected chi connectivity index (χ1v) is 8.52. The molecule has 0 radical (unpaired) electrons. The summed E-state index contributed by atoms with van der Waals surface area (Å²) < 4.78 is 5.39. The van der Waals surface area contributed by atoms with Gasteiger partial charge in [-0.3, -0.25) is 9.69 Å². The van der Waals surface area contributed by atoms with Gasteiger partial charge in [0.05, 0.1) is 19.7 Å². The summed E-state index contributed by atoms with van der Waals surface area (Å²) in [6, 6.07) is 10.2. The summed E-state index contributed by atoms with van der Waals surface area (Å²) >= 11 is 1.66. The Kier molecular flexibility index (Phi) is 6.19. The molecule has 1 amide bonds. The Morgan fingerprint density at radius 3 is 2.83 bits per heavy atom. The van der Waals surface area contributed by atoms with Crippen molar-refractivity contribution in [3.63, 3.8) is 0 Å². The van der Waals surface area contributed by atoms with Crippen molar-refractivity contribution in [2.24, 2.45) is 0 Å².